The number of rotatable bonds is 1. The minimum Gasteiger partial charge on any atom is -0.380 e. The normalized spacial score (nSPS) is 29.1. The summed E-state index contributed by atoms with van der Waals surface area (Å²) in [5.74, 6) is 0.666. The van der Waals surface area contributed by atoms with Crippen molar-refractivity contribution >= 4 is 15.9 Å². The summed E-state index contributed by atoms with van der Waals surface area (Å²) in [6.45, 7) is 3.60. The fraction of sp³-hybridized carbons (Fsp3) is 0.750. The van der Waals surface area contributed by atoms with Gasteiger partial charge in [0.25, 0.3) is 0 Å². The summed E-state index contributed by atoms with van der Waals surface area (Å²) in [6, 6.07) is 0. The van der Waals surface area contributed by atoms with Crippen LogP contribution in [0.2, 0.25) is 0 Å². The van der Waals surface area contributed by atoms with E-state index in [-0.39, 0.29) is 5.41 Å². The molecule has 72 valence electrons. The van der Waals surface area contributed by atoms with Crippen molar-refractivity contribution in [1.29, 1.82) is 0 Å². The Morgan fingerprint density at radius 2 is 2.38 bits per heavy atom. The summed E-state index contributed by atoms with van der Waals surface area (Å²) in [5, 5.41) is 3.71. The first-order valence-corrected chi connectivity index (χ1v) is 5.07. The molecule has 1 aliphatic heterocycles. The lowest BCUT2D eigenvalue weighted by Gasteiger charge is -2.29. The Labute approximate surface area is 84.8 Å². The Bertz CT molecular complexity index is 294. The molecule has 13 heavy (non-hydrogen) atoms. The van der Waals surface area contributed by atoms with E-state index < -0.39 is 0 Å². The molecule has 0 aliphatic carbocycles. The lowest BCUT2D eigenvalue weighted by molar-refractivity contribution is 0.0282. The number of hydrogen-bond acceptors (Lipinski definition) is 4. The minimum absolute atomic E-state index is 0.0999. The third-order valence-electron chi connectivity index (χ3n) is 2.36. The second kappa shape index (κ2) is 3.38. The maximum absolute atomic E-state index is 5.41. The third kappa shape index (κ3) is 1.76. The fourth-order valence-corrected chi connectivity index (χ4v) is 1.79. The SMILES string of the molecule is CC1(c2nc(Br)no2)CCCOC1. The Kier molecular flexibility index (Phi) is 2.38. The van der Waals surface area contributed by atoms with Crippen molar-refractivity contribution in [1.82, 2.24) is 10.1 Å². The first-order valence-electron chi connectivity index (χ1n) is 4.28. The number of aromatic nitrogens is 2. The smallest absolute Gasteiger partial charge is 0.238 e. The molecule has 0 N–H and O–H groups in total. The van der Waals surface area contributed by atoms with Gasteiger partial charge in [0.1, 0.15) is 0 Å². The molecule has 1 aromatic heterocycles. The summed E-state index contributed by atoms with van der Waals surface area (Å²) in [5.41, 5.74) is -0.0999. The van der Waals surface area contributed by atoms with Crippen LogP contribution in [0.25, 0.3) is 0 Å². The van der Waals surface area contributed by atoms with Crippen LogP contribution in [-0.2, 0) is 10.2 Å². The second-order valence-electron chi connectivity index (χ2n) is 3.59. The predicted molar refractivity (Wildman–Crippen MR) is 49.4 cm³/mol. The molecule has 0 aromatic carbocycles. The zero-order valence-corrected chi connectivity index (χ0v) is 9.00. The third-order valence-corrected chi connectivity index (χ3v) is 2.68. The van der Waals surface area contributed by atoms with Crippen LogP contribution in [0.1, 0.15) is 25.7 Å². The monoisotopic (exact) mass is 246 g/mol. The Morgan fingerprint density at radius 1 is 1.54 bits per heavy atom. The Morgan fingerprint density at radius 3 is 2.92 bits per heavy atom. The van der Waals surface area contributed by atoms with Crippen LogP contribution in [0.4, 0.5) is 0 Å². The highest BCUT2D eigenvalue weighted by atomic mass is 79.9. The van der Waals surface area contributed by atoms with Gasteiger partial charge in [-0.05, 0) is 40.9 Å². The van der Waals surface area contributed by atoms with Gasteiger partial charge in [0.2, 0.25) is 10.6 Å². The van der Waals surface area contributed by atoms with Gasteiger partial charge in [0.05, 0.1) is 12.0 Å². The van der Waals surface area contributed by atoms with Crippen LogP contribution >= 0.6 is 15.9 Å². The average molecular weight is 247 g/mol. The van der Waals surface area contributed by atoms with E-state index in [1.165, 1.54) is 0 Å². The van der Waals surface area contributed by atoms with Crippen molar-refractivity contribution in [3.05, 3.63) is 10.6 Å². The van der Waals surface area contributed by atoms with Gasteiger partial charge in [0.15, 0.2) is 0 Å². The van der Waals surface area contributed by atoms with Gasteiger partial charge in [-0.25, -0.2) is 0 Å². The van der Waals surface area contributed by atoms with Crippen molar-refractivity contribution in [3.8, 4) is 0 Å². The zero-order valence-electron chi connectivity index (χ0n) is 7.42. The molecule has 0 amide bonds. The van der Waals surface area contributed by atoms with Crippen LogP contribution < -0.4 is 0 Å². The van der Waals surface area contributed by atoms with Crippen molar-refractivity contribution < 1.29 is 9.26 Å². The molecule has 1 unspecified atom stereocenters. The van der Waals surface area contributed by atoms with Gasteiger partial charge in [-0.1, -0.05) is 0 Å². The van der Waals surface area contributed by atoms with E-state index in [0.717, 1.165) is 19.4 Å². The Balaban J connectivity index is 2.22. The maximum Gasteiger partial charge on any atom is 0.238 e. The minimum atomic E-state index is -0.0999. The summed E-state index contributed by atoms with van der Waals surface area (Å²) < 4.78 is 11.0. The second-order valence-corrected chi connectivity index (χ2v) is 4.29. The molecule has 1 atom stereocenters. The van der Waals surface area contributed by atoms with Crippen LogP contribution in [-0.4, -0.2) is 23.4 Å². The number of ether oxygens (including phenoxy) is 1. The van der Waals surface area contributed by atoms with E-state index in [2.05, 4.69) is 33.0 Å². The molecule has 2 heterocycles. The van der Waals surface area contributed by atoms with Gasteiger partial charge in [0, 0.05) is 6.61 Å². The molecule has 5 heteroatoms. The van der Waals surface area contributed by atoms with Crippen LogP contribution in [0.15, 0.2) is 9.26 Å². The molecule has 1 aliphatic rings. The fourth-order valence-electron chi connectivity index (χ4n) is 1.55. The van der Waals surface area contributed by atoms with Crippen molar-refractivity contribution in [3.63, 3.8) is 0 Å². The molecule has 0 saturated carbocycles. The highest BCUT2D eigenvalue weighted by Crippen LogP contribution is 2.31. The van der Waals surface area contributed by atoms with Crippen molar-refractivity contribution in [2.75, 3.05) is 13.2 Å². The lowest BCUT2D eigenvalue weighted by Crippen LogP contribution is -2.33. The summed E-state index contributed by atoms with van der Waals surface area (Å²) in [4.78, 5) is 4.16. The summed E-state index contributed by atoms with van der Waals surface area (Å²) in [6.07, 6.45) is 2.10. The lowest BCUT2D eigenvalue weighted by atomic mass is 9.85. The summed E-state index contributed by atoms with van der Waals surface area (Å²) >= 11 is 3.17. The molecule has 1 aromatic rings. The highest BCUT2D eigenvalue weighted by molar-refractivity contribution is 9.10. The van der Waals surface area contributed by atoms with Gasteiger partial charge in [-0.2, -0.15) is 4.98 Å². The first-order chi connectivity index (χ1) is 6.21. The van der Waals surface area contributed by atoms with E-state index in [1.807, 2.05) is 0 Å². The predicted octanol–water partition coefficient (Wildman–Crippen LogP) is 1.90. The van der Waals surface area contributed by atoms with Gasteiger partial charge in [-0.15, -0.1) is 0 Å². The molecule has 0 radical (unpaired) electrons. The van der Waals surface area contributed by atoms with Crippen LogP contribution in [0.5, 0.6) is 0 Å². The highest BCUT2D eigenvalue weighted by Gasteiger charge is 2.35. The molecular weight excluding hydrogens is 236 g/mol. The quantitative estimate of drug-likeness (QED) is 0.760. The molecule has 1 fully saturated rings. The van der Waals surface area contributed by atoms with E-state index >= 15 is 0 Å². The van der Waals surface area contributed by atoms with E-state index in [4.69, 9.17) is 9.26 Å². The largest absolute Gasteiger partial charge is 0.380 e. The molecule has 0 spiro atoms. The average Bonchev–Trinajstić information content (AvgIpc) is 2.54. The number of hydrogen-bond donors (Lipinski definition) is 0. The Hall–Kier alpha value is -0.420. The van der Waals surface area contributed by atoms with Gasteiger partial charge < -0.3 is 9.26 Å². The molecular formula is C8H11BrN2O2. The maximum atomic E-state index is 5.41. The molecule has 4 nitrogen and oxygen atoms in total. The topological polar surface area (TPSA) is 48.2 Å². The van der Waals surface area contributed by atoms with Gasteiger partial charge >= 0.3 is 0 Å². The zero-order chi connectivity index (χ0) is 9.31. The standard InChI is InChI=1S/C8H11BrN2O2/c1-8(3-2-4-12-5-8)6-10-7(9)11-13-6/h2-5H2,1H3. The molecule has 0 bridgehead atoms. The summed E-state index contributed by atoms with van der Waals surface area (Å²) in [7, 11) is 0. The first kappa shape index (κ1) is 9.15. The van der Waals surface area contributed by atoms with Gasteiger partial charge in [-0.3, -0.25) is 0 Å². The van der Waals surface area contributed by atoms with E-state index in [1.54, 1.807) is 0 Å². The number of nitrogens with zero attached hydrogens (tertiary/aromatic N) is 2. The molecule has 1 saturated heterocycles. The van der Waals surface area contributed by atoms with Crippen molar-refractivity contribution in [2.24, 2.45) is 0 Å². The van der Waals surface area contributed by atoms with E-state index in [9.17, 15) is 0 Å². The van der Waals surface area contributed by atoms with Crippen LogP contribution in [0, 0.1) is 0 Å². The van der Waals surface area contributed by atoms with Crippen molar-refractivity contribution in [2.45, 2.75) is 25.2 Å². The van der Waals surface area contributed by atoms with Crippen LogP contribution in [0.3, 0.4) is 0 Å². The number of halogens is 1. The molecule has 2 rings (SSSR count). The van der Waals surface area contributed by atoms with E-state index in [0.29, 0.717) is 17.2 Å².